The lowest BCUT2D eigenvalue weighted by atomic mass is 9.91. The van der Waals surface area contributed by atoms with Crippen LogP contribution in [0.4, 0.5) is 10.2 Å². The Morgan fingerprint density at radius 1 is 0.878 bits per heavy atom. The van der Waals surface area contributed by atoms with Crippen LogP contribution in [0, 0.1) is 23.6 Å². The average molecular weight is 555 g/mol. The number of hydrogen-bond donors (Lipinski definition) is 0. The van der Waals surface area contributed by atoms with Crippen LogP contribution >= 0.6 is 0 Å². The maximum absolute atomic E-state index is 14.4. The molecule has 6 rings (SSSR count). The van der Waals surface area contributed by atoms with Crippen LogP contribution in [0.1, 0.15) is 65.2 Å². The molecule has 0 saturated carbocycles. The van der Waals surface area contributed by atoms with Gasteiger partial charge in [0.1, 0.15) is 11.6 Å². The maximum Gasteiger partial charge on any atom is 0.128 e. The number of nitrogens with zero attached hydrogens (tertiary/aromatic N) is 4. The molecule has 218 valence electrons. The molecule has 4 heterocycles. The minimum absolute atomic E-state index is 0.169. The van der Waals surface area contributed by atoms with E-state index in [0.29, 0.717) is 29.8 Å². The molecule has 4 nitrogen and oxygen atoms in total. The zero-order chi connectivity index (χ0) is 29.4. The van der Waals surface area contributed by atoms with Crippen molar-refractivity contribution in [2.75, 3.05) is 25.0 Å². The van der Waals surface area contributed by atoms with Crippen LogP contribution in [0.3, 0.4) is 0 Å². The van der Waals surface area contributed by atoms with Crippen molar-refractivity contribution in [1.82, 2.24) is 14.8 Å². The Balaban J connectivity index is 0.00000165. The lowest BCUT2D eigenvalue weighted by molar-refractivity contribution is 0.169. The minimum Gasteiger partial charge on any atom is -0.354 e. The second-order valence-corrected chi connectivity index (χ2v) is 12.3. The van der Waals surface area contributed by atoms with Gasteiger partial charge in [0.15, 0.2) is 0 Å². The first-order valence-electron chi connectivity index (χ1n) is 15.5. The highest BCUT2D eigenvalue weighted by Gasteiger charge is 2.35. The first kappa shape index (κ1) is 29.3. The van der Waals surface area contributed by atoms with Gasteiger partial charge in [-0.3, -0.25) is 4.90 Å². The summed E-state index contributed by atoms with van der Waals surface area (Å²) < 4.78 is 14.4. The highest BCUT2D eigenvalue weighted by molar-refractivity contribution is 5.83. The van der Waals surface area contributed by atoms with E-state index in [2.05, 4.69) is 99.0 Å². The monoisotopic (exact) mass is 554 g/mol. The molecule has 41 heavy (non-hydrogen) atoms. The van der Waals surface area contributed by atoms with Crippen molar-refractivity contribution in [3.8, 4) is 0 Å². The van der Waals surface area contributed by atoms with E-state index < -0.39 is 0 Å². The molecule has 0 N–H and O–H groups in total. The van der Waals surface area contributed by atoms with E-state index in [-0.39, 0.29) is 11.9 Å². The standard InChI is InChI=1S/C34H41FN4.C2H6/c1-21-13-27-7-9-29(35)17-30(27)31(14-22(21)2)33-15-23(3)32-16-26(11-12-39(32)33)28-8-10-34(36-18-28)38-19-24(4)37(6)25(5)20-38;1-2/h7-12,14-18,21-25,32H,13,19-20H2,1-6H3;1-2H3/t21?,22?,23?,24-,25+,32?;. The molecule has 0 amide bonds. The van der Waals surface area contributed by atoms with Gasteiger partial charge in [0, 0.05) is 54.8 Å². The molecule has 0 bridgehead atoms. The van der Waals surface area contributed by atoms with E-state index in [4.69, 9.17) is 4.98 Å². The topological polar surface area (TPSA) is 22.6 Å². The SMILES string of the molecule is CC.CC1C=C(C2=CC(C)C3C=C(c4ccc(N5C[C@@H](C)N(C)[C@@H](C)C5)nc4)C=CN23)c2cc(F)ccc2CC1C. The van der Waals surface area contributed by atoms with Crippen molar-refractivity contribution in [3.05, 3.63) is 95.2 Å². The molecule has 4 unspecified atom stereocenters. The zero-order valence-electron chi connectivity index (χ0n) is 26.1. The van der Waals surface area contributed by atoms with Crippen LogP contribution in [0.25, 0.3) is 11.1 Å². The summed E-state index contributed by atoms with van der Waals surface area (Å²) in [5, 5.41) is 0. The Labute approximate surface area is 247 Å². The van der Waals surface area contributed by atoms with Gasteiger partial charge in [0.25, 0.3) is 0 Å². The summed E-state index contributed by atoms with van der Waals surface area (Å²) in [4.78, 5) is 12.1. The summed E-state index contributed by atoms with van der Waals surface area (Å²) in [5.74, 6) is 2.16. The molecule has 1 aliphatic carbocycles. The fourth-order valence-electron chi connectivity index (χ4n) is 6.67. The van der Waals surface area contributed by atoms with Crippen LogP contribution in [-0.2, 0) is 6.42 Å². The van der Waals surface area contributed by atoms with E-state index in [1.807, 2.05) is 26.1 Å². The molecule has 1 aromatic heterocycles. The highest BCUT2D eigenvalue weighted by atomic mass is 19.1. The molecule has 3 aliphatic heterocycles. The summed E-state index contributed by atoms with van der Waals surface area (Å²) in [6.45, 7) is 17.4. The van der Waals surface area contributed by atoms with Crippen LogP contribution < -0.4 is 4.90 Å². The molecule has 6 atom stereocenters. The van der Waals surface area contributed by atoms with Gasteiger partial charge in [-0.2, -0.15) is 0 Å². The van der Waals surface area contributed by atoms with Crippen molar-refractivity contribution >= 4 is 17.0 Å². The molecule has 2 aromatic rings. The molecule has 0 radical (unpaired) electrons. The number of likely N-dealkylation sites (N-methyl/N-ethyl adjacent to an activating group) is 1. The highest BCUT2D eigenvalue weighted by Crippen LogP contribution is 2.43. The third-order valence-corrected chi connectivity index (χ3v) is 9.60. The van der Waals surface area contributed by atoms with Crippen LogP contribution in [0.15, 0.2) is 72.7 Å². The van der Waals surface area contributed by atoms with Crippen molar-refractivity contribution in [1.29, 1.82) is 0 Å². The number of benzene rings is 1. The predicted molar refractivity (Wildman–Crippen MR) is 171 cm³/mol. The molecule has 1 fully saturated rings. The van der Waals surface area contributed by atoms with Gasteiger partial charge in [-0.15, -0.1) is 0 Å². The Morgan fingerprint density at radius 2 is 1.61 bits per heavy atom. The van der Waals surface area contributed by atoms with Crippen LogP contribution in [0.5, 0.6) is 0 Å². The summed E-state index contributed by atoms with van der Waals surface area (Å²) in [7, 11) is 2.21. The fourth-order valence-corrected chi connectivity index (χ4v) is 6.67. The Morgan fingerprint density at radius 3 is 2.29 bits per heavy atom. The van der Waals surface area contributed by atoms with Crippen molar-refractivity contribution in [2.24, 2.45) is 17.8 Å². The summed E-state index contributed by atoms with van der Waals surface area (Å²) in [5.41, 5.74) is 7.00. The van der Waals surface area contributed by atoms with Gasteiger partial charge in [-0.25, -0.2) is 9.37 Å². The number of halogens is 1. The van der Waals surface area contributed by atoms with Crippen molar-refractivity contribution in [3.63, 3.8) is 0 Å². The maximum atomic E-state index is 14.4. The second-order valence-electron chi connectivity index (χ2n) is 12.3. The lowest BCUT2D eigenvalue weighted by Gasteiger charge is -2.43. The number of anilines is 1. The molecular weight excluding hydrogens is 507 g/mol. The van der Waals surface area contributed by atoms with E-state index in [1.54, 1.807) is 12.1 Å². The van der Waals surface area contributed by atoms with Gasteiger partial charge in [0.2, 0.25) is 0 Å². The largest absolute Gasteiger partial charge is 0.354 e. The number of pyridine rings is 1. The molecule has 1 aromatic carbocycles. The number of hydrogen-bond acceptors (Lipinski definition) is 4. The fraction of sp³-hybridized carbons (Fsp3) is 0.472. The first-order valence-corrected chi connectivity index (χ1v) is 15.5. The second kappa shape index (κ2) is 12.0. The number of piperazine rings is 1. The van der Waals surface area contributed by atoms with E-state index in [0.717, 1.165) is 36.5 Å². The van der Waals surface area contributed by atoms with Crippen molar-refractivity contribution in [2.45, 2.75) is 73.0 Å². The molecule has 5 heteroatoms. The minimum atomic E-state index is -0.169. The Kier molecular flexibility index (Phi) is 8.56. The van der Waals surface area contributed by atoms with Crippen LogP contribution in [0.2, 0.25) is 0 Å². The quantitative estimate of drug-likeness (QED) is 0.386. The summed E-state index contributed by atoms with van der Waals surface area (Å²) >= 11 is 0. The molecule has 0 spiro atoms. The number of rotatable bonds is 3. The van der Waals surface area contributed by atoms with E-state index >= 15 is 0 Å². The van der Waals surface area contributed by atoms with Crippen molar-refractivity contribution < 1.29 is 4.39 Å². The van der Waals surface area contributed by atoms with Gasteiger partial charge in [0.05, 0.1) is 6.04 Å². The lowest BCUT2D eigenvalue weighted by Crippen LogP contribution is -2.55. The normalized spacial score (nSPS) is 29.4. The van der Waals surface area contributed by atoms with E-state index in [1.165, 1.54) is 22.4 Å². The number of allylic oxidation sites excluding steroid dienone is 4. The summed E-state index contributed by atoms with van der Waals surface area (Å²) in [6.07, 6.45) is 14.5. The van der Waals surface area contributed by atoms with Gasteiger partial charge < -0.3 is 9.80 Å². The third-order valence-electron chi connectivity index (χ3n) is 9.60. The summed E-state index contributed by atoms with van der Waals surface area (Å²) in [6, 6.07) is 10.9. The molecule has 4 aliphatic rings. The first-order chi connectivity index (χ1) is 19.7. The Hall–Kier alpha value is -3.18. The van der Waals surface area contributed by atoms with Gasteiger partial charge >= 0.3 is 0 Å². The number of fused-ring (bicyclic) bond motifs is 2. The third kappa shape index (κ3) is 5.66. The average Bonchev–Trinajstić information content (AvgIpc) is 3.25. The van der Waals surface area contributed by atoms with E-state index in [9.17, 15) is 4.39 Å². The van der Waals surface area contributed by atoms with Crippen LogP contribution in [-0.4, -0.2) is 53.0 Å². The molecule has 1 saturated heterocycles. The zero-order valence-corrected chi connectivity index (χ0v) is 26.1. The predicted octanol–water partition coefficient (Wildman–Crippen LogP) is 7.80. The smallest absolute Gasteiger partial charge is 0.128 e. The van der Waals surface area contributed by atoms with Gasteiger partial charge in [-0.05, 0) is 91.8 Å². The molecular formula is C36H47FN4. The van der Waals surface area contributed by atoms with Gasteiger partial charge in [-0.1, -0.05) is 58.9 Å². The number of aromatic nitrogens is 1. The Bertz CT molecular complexity index is 1360.